The summed E-state index contributed by atoms with van der Waals surface area (Å²) >= 11 is 1.88. The molecule has 0 aromatic carbocycles. The third kappa shape index (κ3) is 5.29. The van der Waals surface area contributed by atoms with Gasteiger partial charge in [-0.1, -0.05) is 13.3 Å². The molecule has 0 saturated carbocycles. The summed E-state index contributed by atoms with van der Waals surface area (Å²) in [5, 5.41) is 6.83. The van der Waals surface area contributed by atoms with Gasteiger partial charge in [0.2, 0.25) is 0 Å². The smallest absolute Gasteiger partial charge is 0.191 e. The first-order valence-corrected chi connectivity index (χ1v) is 9.30. The molecule has 0 aliphatic carbocycles. The summed E-state index contributed by atoms with van der Waals surface area (Å²) in [6, 6.07) is 5.15. The zero-order valence-electron chi connectivity index (χ0n) is 14.2. The fourth-order valence-electron chi connectivity index (χ4n) is 2.91. The molecule has 0 spiro atoms. The normalized spacial score (nSPS) is 20.1. The highest BCUT2D eigenvalue weighted by Crippen LogP contribution is 2.16. The molecule has 1 aliphatic rings. The van der Waals surface area contributed by atoms with Crippen LogP contribution < -0.4 is 10.6 Å². The third-order valence-electron chi connectivity index (χ3n) is 4.35. The number of nitrogens with zero attached hydrogens (tertiary/aromatic N) is 2. The van der Waals surface area contributed by atoms with E-state index in [9.17, 15) is 0 Å². The molecule has 1 saturated heterocycles. The van der Waals surface area contributed by atoms with Crippen molar-refractivity contribution >= 4 is 17.3 Å². The number of thiophene rings is 1. The van der Waals surface area contributed by atoms with Crippen LogP contribution >= 0.6 is 11.3 Å². The number of likely N-dealkylation sites (tertiary alicyclic amines) is 1. The lowest BCUT2D eigenvalue weighted by atomic mass is 10.0. The van der Waals surface area contributed by atoms with Gasteiger partial charge in [-0.25, -0.2) is 0 Å². The van der Waals surface area contributed by atoms with E-state index in [0.717, 1.165) is 38.1 Å². The average Bonchev–Trinajstić information content (AvgIpc) is 3.00. The van der Waals surface area contributed by atoms with Crippen LogP contribution in [0, 0.1) is 0 Å². The lowest BCUT2D eigenvalue weighted by Crippen LogP contribution is -2.45. The topological polar surface area (TPSA) is 39.7 Å². The fourth-order valence-corrected chi connectivity index (χ4v) is 3.80. The van der Waals surface area contributed by atoms with Crippen molar-refractivity contribution in [1.82, 2.24) is 15.5 Å². The Morgan fingerprint density at radius 3 is 2.82 bits per heavy atom. The molecule has 4 nitrogen and oxygen atoms in total. The van der Waals surface area contributed by atoms with Crippen molar-refractivity contribution in [1.29, 1.82) is 0 Å². The van der Waals surface area contributed by atoms with Crippen LogP contribution in [0.1, 0.15) is 42.9 Å². The lowest BCUT2D eigenvalue weighted by molar-refractivity contribution is 0.163. The molecule has 124 valence electrons. The van der Waals surface area contributed by atoms with Gasteiger partial charge in [-0.2, -0.15) is 0 Å². The van der Waals surface area contributed by atoms with E-state index in [2.05, 4.69) is 46.5 Å². The van der Waals surface area contributed by atoms with Crippen LogP contribution in [0.15, 0.2) is 17.1 Å². The molecule has 22 heavy (non-hydrogen) atoms. The largest absolute Gasteiger partial charge is 0.355 e. The first kappa shape index (κ1) is 17.3. The van der Waals surface area contributed by atoms with E-state index in [1.807, 2.05) is 18.4 Å². The quantitative estimate of drug-likeness (QED) is 0.625. The molecule has 5 heteroatoms. The van der Waals surface area contributed by atoms with Gasteiger partial charge in [0.15, 0.2) is 5.96 Å². The minimum atomic E-state index is 0.726. The second kappa shape index (κ2) is 9.16. The number of rotatable bonds is 6. The highest BCUT2D eigenvalue weighted by molar-refractivity contribution is 7.11. The number of nitrogens with one attached hydrogen (secondary N) is 2. The standard InChI is InChI=1S/C17H30N4S/c1-4-15-8-9-16(22-15)13-20-17(18-3)19-10-12-21-11-6-5-7-14(21)2/h8-9,14H,4-7,10-13H2,1-3H3,(H2,18,19,20). The second-order valence-electron chi connectivity index (χ2n) is 5.95. The Kier molecular flexibility index (Phi) is 7.19. The lowest BCUT2D eigenvalue weighted by Gasteiger charge is -2.33. The molecule has 2 heterocycles. The highest BCUT2D eigenvalue weighted by atomic mass is 32.1. The van der Waals surface area contributed by atoms with Gasteiger partial charge in [0.05, 0.1) is 6.54 Å². The molecular weight excluding hydrogens is 292 g/mol. The number of hydrogen-bond donors (Lipinski definition) is 2. The van der Waals surface area contributed by atoms with Gasteiger partial charge >= 0.3 is 0 Å². The minimum absolute atomic E-state index is 0.726. The van der Waals surface area contributed by atoms with Crippen molar-refractivity contribution in [2.45, 2.75) is 52.1 Å². The Morgan fingerprint density at radius 1 is 1.32 bits per heavy atom. The number of aryl methyl sites for hydroxylation is 1. The molecule has 0 amide bonds. The van der Waals surface area contributed by atoms with Gasteiger partial charge in [-0.05, 0) is 44.9 Å². The summed E-state index contributed by atoms with van der Waals surface area (Å²) in [4.78, 5) is 9.70. The Morgan fingerprint density at radius 2 is 2.14 bits per heavy atom. The van der Waals surface area contributed by atoms with Crippen molar-refractivity contribution in [3.8, 4) is 0 Å². The number of hydrogen-bond acceptors (Lipinski definition) is 3. The summed E-state index contributed by atoms with van der Waals surface area (Å²) in [6.45, 7) is 8.68. The SMILES string of the molecule is CCc1ccc(CNC(=NC)NCCN2CCCCC2C)s1. The monoisotopic (exact) mass is 322 g/mol. The molecule has 2 N–H and O–H groups in total. The van der Waals surface area contributed by atoms with Crippen molar-refractivity contribution in [3.63, 3.8) is 0 Å². The predicted molar refractivity (Wildman–Crippen MR) is 96.8 cm³/mol. The van der Waals surface area contributed by atoms with Gasteiger partial charge < -0.3 is 10.6 Å². The molecule has 0 bridgehead atoms. The van der Waals surface area contributed by atoms with E-state index < -0.39 is 0 Å². The van der Waals surface area contributed by atoms with Crippen LogP contribution in [0.5, 0.6) is 0 Å². The van der Waals surface area contributed by atoms with Crippen LogP contribution in [-0.2, 0) is 13.0 Å². The third-order valence-corrected chi connectivity index (χ3v) is 5.58. The van der Waals surface area contributed by atoms with E-state index in [4.69, 9.17) is 0 Å². The molecular formula is C17H30N4S. The van der Waals surface area contributed by atoms with Crippen molar-refractivity contribution < 1.29 is 0 Å². The van der Waals surface area contributed by atoms with Gasteiger partial charge in [-0.3, -0.25) is 9.89 Å². The van der Waals surface area contributed by atoms with E-state index in [-0.39, 0.29) is 0 Å². The van der Waals surface area contributed by atoms with Crippen LogP contribution in [0.4, 0.5) is 0 Å². The number of piperidine rings is 1. The van der Waals surface area contributed by atoms with Gasteiger partial charge in [-0.15, -0.1) is 11.3 Å². The van der Waals surface area contributed by atoms with E-state index in [0.29, 0.717) is 0 Å². The summed E-state index contributed by atoms with van der Waals surface area (Å²) in [6.07, 6.45) is 5.18. The van der Waals surface area contributed by atoms with E-state index in [1.54, 1.807) is 0 Å². The fraction of sp³-hybridized carbons (Fsp3) is 0.706. The Bertz CT molecular complexity index is 469. The number of guanidine groups is 1. The van der Waals surface area contributed by atoms with Crippen molar-refractivity contribution in [2.75, 3.05) is 26.7 Å². The first-order chi connectivity index (χ1) is 10.7. The number of aliphatic imine (C=N–C) groups is 1. The van der Waals surface area contributed by atoms with Gasteiger partial charge in [0.1, 0.15) is 0 Å². The minimum Gasteiger partial charge on any atom is -0.355 e. The van der Waals surface area contributed by atoms with Crippen molar-refractivity contribution in [3.05, 3.63) is 21.9 Å². The van der Waals surface area contributed by atoms with E-state index in [1.165, 1.54) is 35.6 Å². The first-order valence-electron chi connectivity index (χ1n) is 8.49. The zero-order chi connectivity index (χ0) is 15.8. The van der Waals surface area contributed by atoms with Crippen molar-refractivity contribution in [2.24, 2.45) is 4.99 Å². The maximum absolute atomic E-state index is 4.31. The molecule has 1 unspecified atom stereocenters. The maximum Gasteiger partial charge on any atom is 0.191 e. The summed E-state index contributed by atoms with van der Waals surface area (Å²) in [5.74, 6) is 0.899. The molecule has 1 aromatic rings. The Hall–Kier alpha value is -1.07. The summed E-state index contributed by atoms with van der Waals surface area (Å²) < 4.78 is 0. The average molecular weight is 323 g/mol. The molecule has 1 aliphatic heterocycles. The summed E-state index contributed by atoms with van der Waals surface area (Å²) in [7, 11) is 1.84. The van der Waals surface area contributed by atoms with Gasteiger partial charge in [0, 0.05) is 35.9 Å². The molecule has 0 radical (unpaired) electrons. The molecule has 1 fully saturated rings. The Balaban J connectivity index is 1.68. The van der Waals surface area contributed by atoms with Gasteiger partial charge in [0.25, 0.3) is 0 Å². The molecule has 2 rings (SSSR count). The predicted octanol–water partition coefficient (Wildman–Crippen LogP) is 2.85. The highest BCUT2D eigenvalue weighted by Gasteiger charge is 2.17. The van der Waals surface area contributed by atoms with Crippen LogP contribution in [0.2, 0.25) is 0 Å². The summed E-state index contributed by atoms with van der Waals surface area (Å²) in [5.41, 5.74) is 0. The zero-order valence-corrected chi connectivity index (χ0v) is 15.0. The van der Waals surface area contributed by atoms with Crippen LogP contribution in [0.3, 0.4) is 0 Å². The maximum atomic E-state index is 4.31. The Labute approximate surface area is 139 Å². The molecule has 1 atom stereocenters. The second-order valence-corrected chi connectivity index (χ2v) is 7.21. The molecule has 1 aromatic heterocycles. The van der Waals surface area contributed by atoms with Crippen LogP contribution in [0.25, 0.3) is 0 Å². The van der Waals surface area contributed by atoms with Crippen LogP contribution in [-0.4, -0.2) is 43.6 Å². The van der Waals surface area contributed by atoms with E-state index >= 15 is 0 Å².